The van der Waals surface area contributed by atoms with Gasteiger partial charge in [-0.25, -0.2) is 0 Å². The Balaban J connectivity index is 1.95. The molecule has 1 aromatic carbocycles. The van der Waals surface area contributed by atoms with Gasteiger partial charge >= 0.3 is 0 Å². The Kier molecular flexibility index (Phi) is 6.36. The SMILES string of the molecule is Cc1ccc([C@@H](C)N(C)C(=O)/C=C/c2ccc(OCC(N)=O)cc2)s1. The van der Waals surface area contributed by atoms with Gasteiger partial charge in [-0.05, 0) is 49.8 Å². The van der Waals surface area contributed by atoms with Crippen molar-refractivity contribution in [2.24, 2.45) is 5.73 Å². The second-order valence-electron chi connectivity index (χ2n) is 5.73. The Morgan fingerprint density at radius 3 is 2.48 bits per heavy atom. The molecule has 0 radical (unpaired) electrons. The van der Waals surface area contributed by atoms with Gasteiger partial charge in [-0.15, -0.1) is 11.3 Å². The van der Waals surface area contributed by atoms with E-state index in [4.69, 9.17) is 10.5 Å². The van der Waals surface area contributed by atoms with Crippen LogP contribution in [0.1, 0.15) is 28.3 Å². The molecule has 2 aromatic rings. The molecule has 1 heterocycles. The van der Waals surface area contributed by atoms with Gasteiger partial charge < -0.3 is 15.4 Å². The summed E-state index contributed by atoms with van der Waals surface area (Å²) in [5.74, 6) is -0.0265. The highest BCUT2D eigenvalue weighted by molar-refractivity contribution is 7.12. The molecule has 0 fully saturated rings. The molecule has 0 aliphatic rings. The van der Waals surface area contributed by atoms with Crippen LogP contribution in [0.15, 0.2) is 42.5 Å². The van der Waals surface area contributed by atoms with Crippen LogP contribution in [0.25, 0.3) is 6.08 Å². The van der Waals surface area contributed by atoms with Crippen LogP contribution >= 0.6 is 11.3 Å². The third kappa shape index (κ3) is 5.46. The number of hydrogen-bond donors (Lipinski definition) is 1. The van der Waals surface area contributed by atoms with Gasteiger partial charge in [0, 0.05) is 22.9 Å². The zero-order valence-electron chi connectivity index (χ0n) is 14.6. The fourth-order valence-corrected chi connectivity index (χ4v) is 3.15. The van der Waals surface area contributed by atoms with E-state index in [1.54, 1.807) is 47.6 Å². The highest BCUT2D eigenvalue weighted by Gasteiger charge is 2.16. The van der Waals surface area contributed by atoms with Gasteiger partial charge in [0.05, 0.1) is 6.04 Å². The summed E-state index contributed by atoms with van der Waals surface area (Å²) in [6, 6.07) is 11.2. The minimum atomic E-state index is -0.521. The summed E-state index contributed by atoms with van der Waals surface area (Å²) in [6.45, 7) is 3.92. The molecule has 0 bridgehead atoms. The summed E-state index contributed by atoms with van der Waals surface area (Å²) in [6.07, 6.45) is 3.30. The zero-order chi connectivity index (χ0) is 18.4. The Morgan fingerprint density at radius 1 is 1.24 bits per heavy atom. The maximum Gasteiger partial charge on any atom is 0.255 e. The van der Waals surface area contributed by atoms with Crippen molar-refractivity contribution in [3.05, 3.63) is 57.8 Å². The van der Waals surface area contributed by atoms with Gasteiger partial charge in [0.1, 0.15) is 5.75 Å². The lowest BCUT2D eigenvalue weighted by atomic mass is 10.2. The van der Waals surface area contributed by atoms with E-state index in [9.17, 15) is 9.59 Å². The largest absolute Gasteiger partial charge is 0.484 e. The van der Waals surface area contributed by atoms with Crippen LogP contribution < -0.4 is 10.5 Å². The molecule has 5 nitrogen and oxygen atoms in total. The number of likely N-dealkylation sites (N-methyl/N-ethyl adjacent to an activating group) is 1. The summed E-state index contributed by atoms with van der Waals surface area (Å²) >= 11 is 1.70. The van der Waals surface area contributed by atoms with Crippen molar-refractivity contribution in [3.8, 4) is 5.75 Å². The first-order valence-corrected chi connectivity index (χ1v) is 8.71. The van der Waals surface area contributed by atoms with E-state index in [0.29, 0.717) is 5.75 Å². The molecule has 25 heavy (non-hydrogen) atoms. The molecule has 0 aliphatic heterocycles. The number of carbonyl (C=O) groups is 2. The minimum absolute atomic E-state index is 0.0282. The molecule has 1 atom stereocenters. The highest BCUT2D eigenvalue weighted by Crippen LogP contribution is 2.26. The topological polar surface area (TPSA) is 72.6 Å². The van der Waals surface area contributed by atoms with Crippen molar-refractivity contribution >= 4 is 29.2 Å². The van der Waals surface area contributed by atoms with E-state index >= 15 is 0 Å². The van der Waals surface area contributed by atoms with Crippen molar-refractivity contribution in [3.63, 3.8) is 0 Å². The van der Waals surface area contributed by atoms with Gasteiger partial charge in [0.15, 0.2) is 6.61 Å². The first kappa shape index (κ1) is 18.7. The number of nitrogens with two attached hydrogens (primary N) is 1. The first-order chi connectivity index (χ1) is 11.9. The monoisotopic (exact) mass is 358 g/mol. The maximum atomic E-state index is 12.4. The number of primary amides is 1. The maximum absolute atomic E-state index is 12.4. The molecule has 0 saturated heterocycles. The molecule has 0 spiro atoms. The third-order valence-corrected chi connectivity index (χ3v) is 4.95. The van der Waals surface area contributed by atoms with E-state index in [1.165, 1.54) is 4.88 Å². The smallest absolute Gasteiger partial charge is 0.255 e. The lowest BCUT2D eigenvalue weighted by Crippen LogP contribution is -2.27. The molecule has 1 aromatic heterocycles. The van der Waals surface area contributed by atoms with Crippen LogP contribution in [0.4, 0.5) is 0 Å². The van der Waals surface area contributed by atoms with Crippen molar-refractivity contribution in [2.45, 2.75) is 19.9 Å². The second-order valence-corrected chi connectivity index (χ2v) is 7.05. The van der Waals surface area contributed by atoms with Crippen molar-refractivity contribution < 1.29 is 14.3 Å². The third-order valence-electron chi connectivity index (χ3n) is 3.78. The number of benzene rings is 1. The number of nitrogens with zero attached hydrogens (tertiary/aromatic N) is 1. The molecule has 0 aliphatic carbocycles. The van der Waals surface area contributed by atoms with Crippen molar-refractivity contribution in [1.29, 1.82) is 0 Å². The molecular formula is C19H22N2O3S. The van der Waals surface area contributed by atoms with E-state index in [0.717, 1.165) is 10.4 Å². The molecule has 2 amide bonds. The number of ether oxygens (including phenoxy) is 1. The Morgan fingerprint density at radius 2 is 1.92 bits per heavy atom. The van der Waals surface area contributed by atoms with Crippen molar-refractivity contribution in [2.75, 3.05) is 13.7 Å². The summed E-state index contributed by atoms with van der Waals surface area (Å²) in [5, 5.41) is 0. The van der Waals surface area contributed by atoms with Crippen LogP contribution in [-0.4, -0.2) is 30.4 Å². The van der Waals surface area contributed by atoms with Gasteiger partial charge in [0.2, 0.25) is 5.91 Å². The fourth-order valence-electron chi connectivity index (χ4n) is 2.17. The quantitative estimate of drug-likeness (QED) is 0.773. The number of aryl methyl sites for hydroxylation is 1. The standard InChI is InChI=1S/C19H22N2O3S/c1-13-4-10-17(25-13)14(2)21(3)19(23)11-7-15-5-8-16(9-6-15)24-12-18(20)22/h4-11,14H,12H2,1-3H3,(H2,20,22)/b11-7+/t14-/m1/s1. The minimum Gasteiger partial charge on any atom is -0.484 e. The molecule has 0 saturated carbocycles. The predicted octanol–water partition coefficient (Wildman–Crippen LogP) is 3.15. The zero-order valence-corrected chi connectivity index (χ0v) is 15.4. The summed E-state index contributed by atoms with van der Waals surface area (Å²) in [5.41, 5.74) is 5.90. The highest BCUT2D eigenvalue weighted by atomic mass is 32.1. The molecule has 2 N–H and O–H groups in total. The fraction of sp³-hybridized carbons (Fsp3) is 0.263. The molecule has 0 unspecified atom stereocenters. The van der Waals surface area contributed by atoms with Crippen LogP contribution in [0.5, 0.6) is 5.75 Å². The predicted molar refractivity (Wildman–Crippen MR) is 100 cm³/mol. The number of carbonyl (C=O) groups excluding carboxylic acids is 2. The van der Waals surface area contributed by atoms with Crippen LogP contribution in [0, 0.1) is 6.92 Å². The lowest BCUT2D eigenvalue weighted by Gasteiger charge is -2.22. The lowest BCUT2D eigenvalue weighted by molar-refractivity contribution is -0.126. The number of rotatable bonds is 7. The Labute approximate surface area is 151 Å². The molecule has 132 valence electrons. The van der Waals surface area contributed by atoms with E-state index in [2.05, 4.69) is 19.1 Å². The molecule has 2 rings (SSSR count). The van der Waals surface area contributed by atoms with Crippen LogP contribution in [-0.2, 0) is 9.59 Å². The molecular weight excluding hydrogens is 336 g/mol. The van der Waals surface area contributed by atoms with Gasteiger partial charge in [0.25, 0.3) is 5.91 Å². The Bertz CT molecular complexity index is 765. The van der Waals surface area contributed by atoms with E-state index in [1.807, 2.05) is 19.1 Å². The van der Waals surface area contributed by atoms with Gasteiger partial charge in [-0.2, -0.15) is 0 Å². The average Bonchev–Trinajstić information content (AvgIpc) is 3.03. The molecule has 6 heteroatoms. The number of amides is 2. The Hall–Kier alpha value is -2.60. The summed E-state index contributed by atoms with van der Waals surface area (Å²) in [7, 11) is 1.80. The van der Waals surface area contributed by atoms with Gasteiger partial charge in [-0.3, -0.25) is 9.59 Å². The van der Waals surface area contributed by atoms with Crippen molar-refractivity contribution in [1.82, 2.24) is 4.90 Å². The normalized spacial score (nSPS) is 12.1. The summed E-state index contributed by atoms with van der Waals surface area (Å²) < 4.78 is 5.20. The van der Waals surface area contributed by atoms with E-state index in [-0.39, 0.29) is 18.6 Å². The van der Waals surface area contributed by atoms with Gasteiger partial charge in [-0.1, -0.05) is 12.1 Å². The second kappa shape index (κ2) is 8.48. The van der Waals surface area contributed by atoms with E-state index < -0.39 is 5.91 Å². The van der Waals surface area contributed by atoms with Crippen LogP contribution in [0.3, 0.4) is 0 Å². The first-order valence-electron chi connectivity index (χ1n) is 7.89. The number of thiophene rings is 1. The number of hydrogen-bond acceptors (Lipinski definition) is 4. The average molecular weight is 358 g/mol. The van der Waals surface area contributed by atoms with Crippen LogP contribution in [0.2, 0.25) is 0 Å². The summed E-state index contributed by atoms with van der Waals surface area (Å²) in [4.78, 5) is 27.1.